The lowest BCUT2D eigenvalue weighted by Gasteiger charge is -2.22. The van der Waals surface area contributed by atoms with Gasteiger partial charge >= 0.3 is 0 Å². The third-order valence-electron chi connectivity index (χ3n) is 12.4. The Morgan fingerprint density at radius 1 is 0.600 bits per heavy atom. The summed E-state index contributed by atoms with van der Waals surface area (Å²) in [5, 5.41) is 1.39. The smallest absolute Gasteiger partial charge is 0.116 e. The molecule has 0 saturated heterocycles. The molecular formula is C48H58N6S6. The second kappa shape index (κ2) is 18.4. The molecule has 12 heteroatoms. The van der Waals surface area contributed by atoms with Crippen molar-refractivity contribution in [1.82, 2.24) is 23.3 Å². The maximum atomic E-state index is 5.55. The summed E-state index contributed by atoms with van der Waals surface area (Å²) in [5.41, 5.74) is 11.0. The van der Waals surface area contributed by atoms with Crippen LogP contribution < -0.4 is 4.90 Å². The van der Waals surface area contributed by atoms with E-state index in [1.165, 1.54) is 130 Å². The number of unbranched alkanes of at least 4 members (excludes halogenated alkanes) is 4. The zero-order valence-corrected chi connectivity index (χ0v) is 41.2. The molecule has 60 heavy (non-hydrogen) atoms. The van der Waals surface area contributed by atoms with Crippen LogP contribution in [-0.2, 0) is 25.8 Å². The van der Waals surface area contributed by atoms with Crippen molar-refractivity contribution in [3.05, 3.63) is 40.5 Å². The Labute approximate surface area is 379 Å². The Balaban J connectivity index is 1.20. The lowest BCUT2D eigenvalue weighted by molar-refractivity contribution is 0.452. The first-order valence-electron chi connectivity index (χ1n) is 22.7. The van der Waals surface area contributed by atoms with E-state index in [1.807, 2.05) is 45.3 Å². The number of anilines is 1. The molecular weight excluding hydrogens is 853 g/mol. The lowest BCUT2D eigenvalue weighted by atomic mass is 9.95. The summed E-state index contributed by atoms with van der Waals surface area (Å²) < 4.78 is 21.3. The van der Waals surface area contributed by atoms with Crippen LogP contribution in [0.1, 0.15) is 129 Å². The Kier molecular flexibility index (Phi) is 13.0. The molecule has 0 fully saturated rings. The van der Waals surface area contributed by atoms with Crippen molar-refractivity contribution >= 4 is 135 Å². The Morgan fingerprint density at radius 3 is 1.87 bits per heavy atom. The number of aromatic nitrogens is 5. The fraction of sp³-hybridized carbons (Fsp3) is 0.500. The number of rotatable bonds is 20. The van der Waals surface area contributed by atoms with Crippen LogP contribution in [0, 0.1) is 5.92 Å². The number of aryl methyl sites for hydroxylation is 3. The summed E-state index contributed by atoms with van der Waals surface area (Å²) in [6.07, 6.45) is 15.3. The van der Waals surface area contributed by atoms with Crippen LogP contribution in [0.3, 0.4) is 0 Å². The summed E-state index contributed by atoms with van der Waals surface area (Å²) in [6.45, 7) is 19.3. The molecule has 0 bridgehead atoms. The molecule has 0 amide bonds. The second-order valence-electron chi connectivity index (χ2n) is 16.5. The van der Waals surface area contributed by atoms with Gasteiger partial charge < -0.3 is 9.47 Å². The number of hydrogen-bond acceptors (Lipinski definition) is 11. The Morgan fingerprint density at radius 2 is 1.25 bits per heavy atom. The van der Waals surface area contributed by atoms with E-state index in [0.29, 0.717) is 0 Å². The van der Waals surface area contributed by atoms with Gasteiger partial charge in [0.15, 0.2) is 0 Å². The molecule has 0 N–H and O–H groups in total. The van der Waals surface area contributed by atoms with Gasteiger partial charge in [-0.2, -0.15) is 8.75 Å². The van der Waals surface area contributed by atoms with Crippen LogP contribution in [0.4, 0.5) is 5.00 Å². The number of benzene rings is 1. The van der Waals surface area contributed by atoms with E-state index in [1.54, 1.807) is 4.88 Å². The van der Waals surface area contributed by atoms with Gasteiger partial charge in [-0.1, -0.05) is 93.4 Å². The third-order valence-corrected chi connectivity index (χ3v) is 19.0. The van der Waals surface area contributed by atoms with Gasteiger partial charge in [0, 0.05) is 59.5 Å². The zero-order valence-electron chi connectivity index (χ0n) is 36.3. The van der Waals surface area contributed by atoms with Crippen molar-refractivity contribution in [3.63, 3.8) is 0 Å². The van der Waals surface area contributed by atoms with E-state index in [2.05, 4.69) is 93.5 Å². The molecule has 0 aliphatic rings. The molecule has 8 heterocycles. The summed E-state index contributed by atoms with van der Waals surface area (Å²) >= 11 is 11.1. The van der Waals surface area contributed by atoms with Crippen LogP contribution in [-0.4, -0.2) is 36.4 Å². The van der Waals surface area contributed by atoms with Gasteiger partial charge in [-0.15, -0.1) is 56.7 Å². The molecule has 0 aliphatic carbocycles. The fourth-order valence-corrected chi connectivity index (χ4v) is 16.1. The zero-order chi connectivity index (χ0) is 41.5. The summed E-state index contributed by atoms with van der Waals surface area (Å²) in [7, 11) is 0. The second-order valence-corrected chi connectivity index (χ2v) is 22.4. The van der Waals surface area contributed by atoms with Crippen molar-refractivity contribution in [1.29, 1.82) is 0 Å². The number of thiophene rings is 5. The fourth-order valence-electron chi connectivity index (χ4n) is 8.95. The maximum Gasteiger partial charge on any atom is 0.116 e. The highest BCUT2D eigenvalue weighted by atomic mass is 32.1. The maximum absolute atomic E-state index is 5.55. The van der Waals surface area contributed by atoms with Crippen LogP contribution in [0.25, 0.3) is 82.2 Å². The van der Waals surface area contributed by atoms with Crippen molar-refractivity contribution in [2.24, 2.45) is 5.92 Å². The SMILES string of the molecule is CCCCC(CC)Cc1cc2sc3c4sc(-c5c6nsnc6c(-c6cc7sc(N(CCCC)CCCC)cc7s6)c6nc(CC)c(CC)nc56)cc4n(CCCC)c3c2s1. The minimum absolute atomic E-state index is 0.778. The van der Waals surface area contributed by atoms with Crippen molar-refractivity contribution in [2.45, 2.75) is 138 Å². The number of nitrogens with zero attached hydrogens (tertiary/aromatic N) is 6. The van der Waals surface area contributed by atoms with Gasteiger partial charge in [-0.3, -0.25) is 0 Å². The van der Waals surface area contributed by atoms with Gasteiger partial charge in [-0.05, 0) is 68.7 Å². The summed E-state index contributed by atoms with van der Waals surface area (Å²) in [5.74, 6) is 0.778. The first-order chi connectivity index (χ1) is 29.4. The first-order valence-corrected chi connectivity index (χ1v) is 27.5. The van der Waals surface area contributed by atoms with E-state index >= 15 is 0 Å². The summed E-state index contributed by atoms with van der Waals surface area (Å²) in [4.78, 5) is 17.7. The van der Waals surface area contributed by atoms with Gasteiger partial charge in [0.1, 0.15) is 22.1 Å². The van der Waals surface area contributed by atoms with Gasteiger partial charge in [-0.25, -0.2) is 9.97 Å². The molecule has 0 saturated carbocycles. The molecule has 1 atom stereocenters. The van der Waals surface area contributed by atoms with Crippen molar-refractivity contribution in [2.75, 3.05) is 18.0 Å². The quantitative estimate of drug-likeness (QED) is 0.0762. The average Bonchev–Trinajstić information content (AvgIpc) is 4.13. The monoisotopic (exact) mass is 910 g/mol. The predicted octanol–water partition coefficient (Wildman–Crippen LogP) is 16.8. The highest BCUT2D eigenvalue weighted by Crippen LogP contribution is 2.52. The van der Waals surface area contributed by atoms with E-state index < -0.39 is 0 Å². The van der Waals surface area contributed by atoms with Crippen molar-refractivity contribution in [3.8, 4) is 20.9 Å². The van der Waals surface area contributed by atoms with E-state index in [-0.39, 0.29) is 0 Å². The number of hydrogen-bond donors (Lipinski definition) is 0. The van der Waals surface area contributed by atoms with Crippen LogP contribution in [0.2, 0.25) is 0 Å². The Hall–Kier alpha value is -3.00. The predicted molar refractivity (Wildman–Crippen MR) is 271 cm³/mol. The van der Waals surface area contributed by atoms with Crippen LogP contribution >= 0.6 is 68.4 Å². The first kappa shape index (κ1) is 42.3. The van der Waals surface area contributed by atoms with Crippen LogP contribution in [0.5, 0.6) is 0 Å². The minimum Gasteiger partial charge on any atom is -0.363 e. The normalized spacial score (nSPS) is 12.9. The summed E-state index contributed by atoms with van der Waals surface area (Å²) in [6, 6.07) is 9.81. The minimum atomic E-state index is 0.778. The molecule has 1 unspecified atom stereocenters. The molecule has 316 valence electrons. The highest BCUT2D eigenvalue weighted by molar-refractivity contribution is 7.36. The Bertz CT molecular complexity index is 2870. The van der Waals surface area contributed by atoms with Crippen LogP contribution in [0.15, 0.2) is 24.3 Å². The standard InChI is InChI=1S/C48H58N6S6/c1-8-15-19-28(12-5)23-29-24-37-47(55-29)45-48(59-37)46-32(54(45)22-18-11-4)25-35(58-46)39-41-42(50-31(14-7)30(13-6)49-41)40(44-43(39)51-60-52-44)36-26-33-34(56-36)27-38(57-33)53(20-16-9-2)21-17-10-3/h24-28H,8-23H2,1-7H3. The third kappa shape index (κ3) is 7.63. The molecule has 9 rings (SSSR count). The number of fused-ring (bicyclic) bond motifs is 8. The van der Waals surface area contributed by atoms with Gasteiger partial charge in [0.25, 0.3) is 0 Å². The molecule has 9 aromatic rings. The van der Waals surface area contributed by atoms with E-state index in [9.17, 15) is 0 Å². The van der Waals surface area contributed by atoms with Gasteiger partial charge in [0.05, 0.1) is 53.3 Å². The van der Waals surface area contributed by atoms with Gasteiger partial charge in [0.2, 0.25) is 0 Å². The molecule has 1 aromatic carbocycles. The lowest BCUT2D eigenvalue weighted by Crippen LogP contribution is -2.24. The molecule has 6 nitrogen and oxygen atoms in total. The average molecular weight is 911 g/mol. The molecule has 0 radical (unpaired) electrons. The molecule has 8 aromatic heterocycles. The topological polar surface area (TPSA) is 59.7 Å². The van der Waals surface area contributed by atoms with Crippen molar-refractivity contribution < 1.29 is 0 Å². The molecule has 0 spiro atoms. The highest BCUT2D eigenvalue weighted by Gasteiger charge is 2.28. The molecule has 0 aliphatic heterocycles. The van der Waals surface area contributed by atoms with E-state index in [4.69, 9.17) is 18.7 Å². The largest absolute Gasteiger partial charge is 0.363 e. The van der Waals surface area contributed by atoms with E-state index in [0.717, 1.165) is 89.4 Å².